The van der Waals surface area contributed by atoms with Crippen molar-refractivity contribution in [2.24, 2.45) is 0 Å². The van der Waals surface area contributed by atoms with E-state index in [0.29, 0.717) is 12.5 Å². The molecular formula is C14H15N5O3. The zero-order valence-corrected chi connectivity index (χ0v) is 11.8. The minimum atomic E-state index is -0.410. The van der Waals surface area contributed by atoms with Crippen LogP contribution in [0.3, 0.4) is 0 Å². The van der Waals surface area contributed by atoms with Crippen molar-refractivity contribution in [3.8, 4) is 0 Å². The highest BCUT2D eigenvalue weighted by Crippen LogP contribution is 2.38. The van der Waals surface area contributed by atoms with E-state index in [-0.39, 0.29) is 23.4 Å². The van der Waals surface area contributed by atoms with Crippen LogP contribution in [-0.2, 0) is 6.54 Å². The molecule has 2 N–H and O–H groups in total. The molecule has 1 saturated carbocycles. The van der Waals surface area contributed by atoms with Gasteiger partial charge in [-0.15, -0.1) is 0 Å². The molecule has 0 aliphatic heterocycles. The third-order valence-electron chi connectivity index (χ3n) is 3.45. The van der Waals surface area contributed by atoms with Gasteiger partial charge >= 0.3 is 0 Å². The van der Waals surface area contributed by atoms with Crippen LogP contribution in [0, 0.1) is 0 Å². The van der Waals surface area contributed by atoms with Gasteiger partial charge < -0.3 is 5.32 Å². The number of hydrogen-bond donors (Lipinski definition) is 2. The summed E-state index contributed by atoms with van der Waals surface area (Å²) in [5.41, 5.74) is 0.482. The normalized spacial score (nSPS) is 13.8. The van der Waals surface area contributed by atoms with E-state index in [9.17, 15) is 14.4 Å². The molecule has 0 bridgehead atoms. The standard InChI is InChI=1S/C14H15N5O3/c20-12-4-3-10(17-18-12)14(22)15-5-6-19-8-16-11(7-13(19)21)9-1-2-9/h3-4,7-9H,1-2,5-6H2,(H,15,22)(H,18,20). The molecule has 2 aromatic heterocycles. The molecule has 0 radical (unpaired) electrons. The number of aromatic nitrogens is 4. The average Bonchev–Trinajstić information content (AvgIpc) is 3.34. The lowest BCUT2D eigenvalue weighted by atomic mass is 10.3. The van der Waals surface area contributed by atoms with Gasteiger partial charge in [0.1, 0.15) is 5.69 Å². The highest BCUT2D eigenvalue weighted by Gasteiger charge is 2.25. The zero-order chi connectivity index (χ0) is 15.5. The van der Waals surface area contributed by atoms with Crippen molar-refractivity contribution >= 4 is 5.91 Å². The zero-order valence-electron chi connectivity index (χ0n) is 11.8. The second kappa shape index (κ2) is 5.92. The Balaban J connectivity index is 1.56. The Bertz CT molecular complexity index is 786. The van der Waals surface area contributed by atoms with Gasteiger partial charge in [-0.2, -0.15) is 5.10 Å². The number of nitrogens with one attached hydrogen (secondary N) is 2. The van der Waals surface area contributed by atoms with Crippen LogP contribution >= 0.6 is 0 Å². The second-order valence-electron chi connectivity index (χ2n) is 5.18. The van der Waals surface area contributed by atoms with Crippen molar-refractivity contribution in [3.05, 3.63) is 56.6 Å². The molecule has 3 rings (SSSR count). The van der Waals surface area contributed by atoms with Crippen LogP contribution < -0.4 is 16.4 Å². The molecule has 0 spiro atoms. The molecule has 8 heteroatoms. The summed E-state index contributed by atoms with van der Waals surface area (Å²) in [6.45, 7) is 0.593. The number of carbonyl (C=O) groups excluding carboxylic acids is 1. The van der Waals surface area contributed by atoms with Crippen LogP contribution in [-0.4, -0.2) is 32.2 Å². The number of carbonyl (C=O) groups is 1. The lowest BCUT2D eigenvalue weighted by Gasteiger charge is -2.07. The number of rotatable bonds is 5. The Hall–Kier alpha value is -2.77. The van der Waals surface area contributed by atoms with Crippen molar-refractivity contribution < 1.29 is 4.79 Å². The molecule has 1 aliphatic carbocycles. The highest BCUT2D eigenvalue weighted by molar-refractivity contribution is 5.91. The van der Waals surface area contributed by atoms with E-state index < -0.39 is 5.91 Å². The number of aromatic amines is 1. The number of amides is 1. The van der Waals surface area contributed by atoms with Crippen molar-refractivity contribution in [1.82, 2.24) is 25.1 Å². The Morgan fingerprint density at radius 2 is 2.18 bits per heavy atom. The maximum absolute atomic E-state index is 11.9. The fourth-order valence-electron chi connectivity index (χ4n) is 2.06. The van der Waals surface area contributed by atoms with Gasteiger partial charge in [-0.3, -0.25) is 19.0 Å². The van der Waals surface area contributed by atoms with Gasteiger partial charge in [0, 0.05) is 31.1 Å². The van der Waals surface area contributed by atoms with Gasteiger partial charge in [0.25, 0.3) is 17.0 Å². The Kier molecular flexibility index (Phi) is 3.82. The summed E-state index contributed by atoms with van der Waals surface area (Å²) in [6, 6.07) is 4.13. The van der Waals surface area contributed by atoms with Crippen molar-refractivity contribution in [1.29, 1.82) is 0 Å². The van der Waals surface area contributed by atoms with Crippen LogP contribution in [0.15, 0.2) is 34.1 Å². The van der Waals surface area contributed by atoms with E-state index in [0.717, 1.165) is 18.5 Å². The molecular weight excluding hydrogens is 286 g/mol. The maximum atomic E-state index is 11.9. The summed E-state index contributed by atoms with van der Waals surface area (Å²) in [4.78, 5) is 38.8. The fourth-order valence-corrected chi connectivity index (χ4v) is 2.06. The first-order valence-electron chi connectivity index (χ1n) is 7.04. The lowest BCUT2D eigenvalue weighted by Crippen LogP contribution is -2.31. The van der Waals surface area contributed by atoms with Gasteiger partial charge in [0.05, 0.1) is 12.0 Å². The first kappa shape index (κ1) is 14.2. The summed E-state index contributed by atoms with van der Waals surface area (Å²) in [5, 5.41) is 8.45. The van der Waals surface area contributed by atoms with Gasteiger partial charge in [-0.05, 0) is 18.9 Å². The topological polar surface area (TPSA) is 110 Å². The maximum Gasteiger partial charge on any atom is 0.271 e. The van der Waals surface area contributed by atoms with Crippen molar-refractivity contribution in [3.63, 3.8) is 0 Å². The molecule has 2 aromatic rings. The molecule has 1 amide bonds. The van der Waals surface area contributed by atoms with E-state index in [2.05, 4.69) is 20.5 Å². The summed E-state index contributed by atoms with van der Waals surface area (Å²) < 4.78 is 1.45. The van der Waals surface area contributed by atoms with Gasteiger partial charge in [0.2, 0.25) is 0 Å². The predicted molar refractivity (Wildman–Crippen MR) is 77.7 cm³/mol. The molecule has 2 heterocycles. The van der Waals surface area contributed by atoms with E-state index in [1.54, 1.807) is 6.07 Å². The van der Waals surface area contributed by atoms with Crippen LogP contribution in [0.1, 0.15) is 34.9 Å². The van der Waals surface area contributed by atoms with Crippen LogP contribution in [0.4, 0.5) is 0 Å². The molecule has 8 nitrogen and oxygen atoms in total. The van der Waals surface area contributed by atoms with Gasteiger partial charge in [-0.25, -0.2) is 10.1 Å². The summed E-state index contributed by atoms with van der Waals surface area (Å²) in [7, 11) is 0. The average molecular weight is 301 g/mol. The monoisotopic (exact) mass is 301 g/mol. The van der Waals surface area contributed by atoms with Crippen LogP contribution in [0.2, 0.25) is 0 Å². The van der Waals surface area contributed by atoms with Crippen LogP contribution in [0.25, 0.3) is 0 Å². The number of H-pyrrole nitrogens is 1. The summed E-state index contributed by atoms with van der Waals surface area (Å²) in [6.07, 6.45) is 3.71. The smallest absolute Gasteiger partial charge is 0.271 e. The van der Waals surface area contributed by atoms with E-state index in [1.807, 2.05) is 0 Å². The molecule has 1 aliphatic rings. The molecule has 0 saturated heterocycles. The van der Waals surface area contributed by atoms with Gasteiger partial charge in [0.15, 0.2) is 0 Å². The number of hydrogen-bond acceptors (Lipinski definition) is 5. The SMILES string of the molecule is O=C(NCCn1cnc(C2CC2)cc1=O)c1ccc(=O)[nH]n1. The van der Waals surface area contributed by atoms with E-state index >= 15 is 0 Å². The fraction of sp³-hybridized carbons (Fsp3) is 0.357. The van der Waals surface area contributed by atoms with E-state index in [1.165, 1.54) is 23.0 Å². The highest BCUT2D eigenvalue weighted by atomic mass is 16.2. The second-order valence-corrected chi connectivity index (χ2v) is 5.18. The third-order valence-corrected chi connectivity index (χ3v) is 3.45. The third kappa shape index (κ3) is 3.27. The largest absolute Gasteiger partial charge is 0.349 e. The minimum Gasteiger partial charge on any atom is -0.349 e. The molecule has 0 aromatic carbocycles. The number of nitrogens with zero attached hydrogens (tertiary/aromatic N) is 3. The molecule has 0 unspecified atom stereocenters. The Labute approximate surface area is 125 Å². The molecule has 1 fully saturated rings. The van der Waals surface area contributed by atoms with E-state index in [4.69, 9.17) is 0 Å². The summed E-state index contributed by atoms with van der Waals surface area (Å²) in [5.74, 6) is 0.0280. The summed E-state index contributed by atoms with van der Waals surface area (Å²) >= 11 is 0. The molecule has 22 heavy (non-hydrogen) atoms. The first-order chi connectivity index (χ1) is 10.6. The quantitative estimate of drug-likeness (QED) is 0.783. The molecule has 114 valence electrons. The lowest BCUT2D eigenvalue weighted by molar-refractivity contribution is 0.0946. The minimum absolute atomic E-state index is 0.117. The van der Waals surface area contributed by atoms with Crippen molar-refractivity contribution in [2.75, 3.05) is 6.54 Å². The Morgan fingerprint density at radius 3 is 2.82 bits per heavy atom. The first-order valence-corrected chi connectivity index (χ1v) is 7.04. The van der Waals surface area contributed by atoms with Crippen LogP contribution in [0.5, 0.6) is 0 Å². The Morgan fingerprint density at radius 1 is 1.36 bits per heavy atom. The molecule has 0 atom stereocenters. The van der Waals surface area contributed by atoms with Gasteiger partial charge in [-0.1, -0.05) is 0 Å². The van der Waals surface area contributed by atoms with Crippen molar-refractivity contribution in [2.45, 2.75) is 25.3 Å². The predicted octanol–water partition coefficient (Wildman–Crippen LogP) is -0.366.